The van der Waals surface area contributed by atoms with Crippen LogP contribution in [0.1, 0.15) is 13.8 Å². The molecule has 0 aromatic rings. The second-order valence-corrected chi connectivity index (χ2v) is 5.85. The van der Waals surface area contributed by atoms with Crippen LogP contribution < -0.4 is 10.6 Å². The molecular weight excluding hydrogens is 208 g/mol. The lowest BCUT2D eigenvalue weighted by Crippen LogP contribution is -2.40. The van der Waals surface area contributed by atoms with E-state index in [1.54, 1.807) is 0 Å². The average Bonchev–Trinajstić information content (AvgIpc) is 1.81. The highest BCUT2D eigenvalue weighted by molar-refractivity contribution is 7.90. The average molecular weight is 224 g/mol. The first-order valence-electron chi connectivity index (χ1n) is 4.03. The summed E-state index contributed by atoms with van der Waals surface area (Å²) in [7, 11) is -2.90. The third-order valence-electron chi connectivity index (χ3n) is 1.18. The maximum absolute atomic E-state index is 10.7. The van der Waals surface area contributed by atoms with Crippen molar-refractivity contribution in [2.75, 3.05) is 18.6 Å². The van der Waals surface area contributed by atoms with Crippen LogP contribution in [0.15, 0.2) is 0 Å². The highest BCUT2D eigenvalue weighted by atomic mass is 32.2. The van der Waals surface area contributed by atoms with E-state index in [-0.39, 0.29) is 11.8 Å². The third-order valence-corrected chi connectivity index (χ3v) is 2.39. The molecule has 0 aromatic carbocycles. The number of rotatable bonds is 4. The Morgan fingerprint density at radius 1 is 1.46 bits per heavy atom. The standard InChI is InChI=1S/C7H16N2O2S2/c1-6(2)9-7(12)8-4-5-13(3,10)11/h6H,4-5H2,1-3H3,(H2,8,9,12). The Labute approximate surface area is 85.0 Å². The topological polar surface area (TPSA) is 58.2 Å². The molecule has 0 saturated heterocycles. The van der Waals surface area contributed by atoms with E-state index < -0.39 is 9.84 Å². The van der Waals surface area contributed by atoms with E-state index in [0.717, 1.165) is 0 Å². The van der Waals surface area contributed by atoms with Crippen LogP contribution in [0, 0.1) is 0 Å². The third kappa shape index (κ3) is 9.55. The van der Waals surface area contributed by atoms with Crippen molar-refractivity contribution >= 4 is 27.2 Å². The van der Waals surface area contributed by atoms with Crippen LogP contribution in [-0.2, 0) is 9.84 Å². The molecule has 4 nitrogen and oxygen atoms in total. The van der Waals surface area contributed by atoms with E-state index in [2.05, 4.69) is 10.6 Å². The van der Waals surface area contributed by atoms with Gasteiger partial charge in [-0.1, -0.05) is 0 Å². The lowest BCUT2D eigenvalue weighted by molar-refractivity contribution is 0.600. The maximum atomic E-state index is 10.7. The summed E-state index contributed by atoms with van der Waals surface area (Å²) in [5, 5.41) is 6.26. The summed E-state index contributed by atoms with van der Waals surface area (Å²) in [5.41, 5.74) is 0. The normalized spacial score (nSPS) is 11.4. The smallest absolute Gasteiger partial charge is 0.166 e. The molecule has 0 aliphatic carbocycles. The molecule has 0 aliphatic rings. The van der Waals surface area contributed by atoms with Crippen molar-refractivity contribution < 1.29 is 8.42 Å². The fourth-order valence-electron chi connectivity index (χ4n) is 0.663. The van der Waals surface area contributed by atoms with Crippen LogP contribution in [0.3, 0.4) is 0 Å². The van der Waals surface area contributed by atoms with Crippen molar-refractivity contribution in [3.63, 3.8) is 0 Å². The van der Waals surface area contributed by atoms with Gasteiger partial charge < -0.3 is 10.6 Å². The summed E-state index contributed by atoms with van der Waals surface area (Å²) in [5.74, 6) is 0.104. The van der Waals surface area contributed by atoms with Gasteiger partial charge in [0.2, 0.25) is 0 Å². The van der Waals surface area contributed by atoms with Gasteiger partial charge in [0.25, 0.3) is 0 Å². The molecule has 0 atom stereocenters. The zero-order valence-electron chi connectivity index (χ0n) is 8.12. The Morgan fingerprint density at radius 3 is 2.38 bits per heavy atom. The largest absolute Gasteiger partial charge is 0.362 e. The van der Waals surface area contributed by atoms with E-state index in [0.29, 0.717) is 11.7 Å². The maximum Gasteiger partial charge on any atom is 0.166 e. The number of hydrogen-bond donors (Lipinski definition) is 2. The van der Waals surface area contributed by atoms with Gasteiger partial charge in [0.15, 0.2) is 5.11 Å². The van der Waals surface area contributed by atoms with Gasteiger partial charge in [-0.25, -0.2) is 8.42 Å². The van der Waals surface area contributed by atoms with Crippen LogP contribution in [0.2, 0.25) is 0 Å². The Hall–Kier alpha value is -0.360. The monoisotopic (exact) mass is 224 g/mol. The number of hydrogen-bond acceptors (Lipinski definition) is 3. The molecule has 0 saturated carbocycles. The van der Waals surface area contributed by atoms with Gasteiger partial charge in [0, 0.05) is 18.8 Å². The minimum atomic E-state index is -2.90. The zero-order chi connectivity index (χ0) is 10.5. The van der Waals surface area contributed by atoms with Crippen molar-refractivity contribution in [1.29, 1.82) is 0 Å². The van der Waals surface area contributed by atoms with E-state index in [9.17, 15) is 8.42 Å². The molecule has 0 rings (SSSR count). The first kappa shape index (κ1) is 12.6. The fraction of sp³-hybridized carbons (Fsp3) is 0.857. The first-order chi connectivity index (χ1) is 5.81. The molecule has 6 heteroatoms. The Kier molecular flexibility index (Phi) is 5.24. The van der Waals surface area contributed by atoms with Crippen LogP contribution in [-0.4, -0.2) is 38.1 Å². The molecule has 0 amide bonds. The molecule has 0 unspecified atom stereocenters. The predicted molar refractivity (Wildman–Crippen MR) is 58.6 cm³/mol. The van der Waals surface area contributed by atoms with E-state index >= 15 is 0 Å². The van der Waals surface area contributed by atoms with Gasteiger partial charge in [-0.15, -0.1) is 0 Å². The molecule has 0 aromatic heterocycles. The van der Waals surface area contributed by atoms with Crippen LogP contribution in [0.25, 0.3) is 0 Å². The van der Waals surface area contributed by atoms with Crippen molar-refractivity contribution in [3.05, 3.63) is 0 Å². The summed E-state index contributed by atoms with van der Waals surface area (Å²) in [6.45, 7) is 4.28. The number of thiocarbonyl (C=S) groups is 1. The lowest BCUT2D eigenvalue weighted by atomic mass is 10.4. The van der Waals surface area contributed by atoms with Gasteiger partial charge in [0.1, 0.15) is 9.84 Å². The summed E-state index contributed by atoms with van der Waals surface area (Å²) in [6.07, 6.45) is 1.20. The molecule has 78 valence electrons. The molecule has 0 fully saturated rings. The van der Waals surface area contributed by atoms with Gasteiger partial charge >= 0.3 is 0 Å². The minimum Gasteiger partial charge on any atom is -0.362 e. The highest BCUT2D eigenvalue weighted by Crippen LogP contribution is 1.81. The van der Waals surface area contributed by atoms with Crippen LogP contribution in [0.4, 0.5) is 0 Å². The SMILES string of the molecule is CC(C)NC(=S)NCCS(C)(=O)=O. The van der Waals surface area contributed by atoms with Crippen molar-refractivity contribution in [3.8, 4) is 0 Å². The number of sulfone groups is 1. The molecular formula is C7H16N2O2S2. The van der Waals surface area contributed by atoms with Crippen LogP contribution in [0.5, 0.6) is 0 Å². The fourth-order valence-corrected chi connectivity index (χ4v) is 1.47. The van der Waals surface area contributed by atoms with Crippen molar-refractivity contribution in [2.24, 2.45) is 0 Å². The van der Waals surface area contributed by atoms with Gasteiger partial charge in [0.05, 0.1) is 5.75 Å². The second-order valence-electron chi connectivity index (χ2n) is 3.18. The quantitative estimate of drug-likeness (QED) is 0.653. The van der Waals surface area contributed by atoms with Crippen molar-refractivity contribution in [1.82, 2.24) is 10.6 Å². The lowest BCUT2D eigenvalue weighted by Gasteiger charge is -2.12. The molecule has 0 heterocycles. The summed E-state index contributed by atoms with van der Waals surface area (Å²) in [6, 6.07) is 0.262. The van der Waals surface area contributed by atoms with Crippen LogP contribution >= 0.6 is 12.2 Å². The minimum absolute atomic E-state index is 0.104. The first-order valence-corrected chi connectivity index (χ1v) is 6.50. The van der Waals surface area contributed by atoms with E-state index in [4.69, 9.17) is 12.2 Å². The van der Waals surface area contributed by atoms with E-state index in [1.165, 1.54) is 6.26 Å². The van der Waals surface area contributed by atoms with Gasteiger partial charge in [-0.05, 0) is 26.1 Å². The molecule has 0 bridgehead atoms. The Morgan fingerprint density at radius 2 is 2.00 bits per heavy atom. The summed E-state index contributed by atoms with van der Waals surface area (Å²) >= 11 is 4.90. The summed E-state index contributed by atoms with van der Waals surface area (Å²) in [4.78, 5) is 0. The predicted octanol–water partition coefficient (Wildman–Crippen LogP) is -0.0965. The van der Waals surface area contributed by atoms with E-state index in [1.807, 2.05) is 13.8 Å². The molecule has 2 N–H and O–H groups in total. The van der Waals surface area contributed by atoms with Crippen molar-refractivity contribution in [2.45, 2.75) is 19.9 Å². The molecule has 0 aliphatic heterocycles. The molecule has 0 spiro atoms. The Balaban J connectivity index is 3.61. The molecule has 13 heavy (non-hydrogen) atoms. The Bertz CT molecular complexity index is 260. The number of nitrogens with one attached hydrogen (secondary N) is 2. The summed E-state index contributed by atoms with van der Waals surface area (Å²) < 4.78 is 21.5. The second kappa shape index (κ2) is 5.39. The molecule has 0 radical (unpaired) electrons. The zero-order valence-corrected chi connectivity index (χ0v) is 9.76. The van der Waals surface area contributed by atoms with Gasteiger partial charge in [-0.2, -0.15) is 0 Å². The highest BCUT2D eigenvalue weighted by Gasteiger charge is 2.02. The van der Waals surface area contributed by atoms with Gasteiger partial charge in [-0.3, -0.25) is 0 Å².